The van der Waals surface area contributed by atoms with Crippen LogP contribution in [0, 0.1) is 0 Å². The van der Waals surface area contributed by atoms with Crippen LogP contribution in [0.4, 0.5) is 0 Å². The Bertz CT molecular complexity index is 915. The zero-order chi connectivity index (χ0) is 18.7. The number of piperidine rings is 1. The van der Waals surface area contributed by atoms with E-state index in [2.05, 4.69) is 4.98 Å². The predicted molar refractivity (Wildman–Crippen MR) is 97.4 cm³/mol. The molecule has 1 aliphatic heterocycles. The number of amides is 1. The Kier molecular flexibility index (Phi) is 5.25. The molecule has 0 spiro atoms. The monoisotopic (exact) mass is 357 g/mol. The SMILES string of the molecule is Cn1cc(C(=O)N2CCCC[C@H]2CCc2cccc(O)c2)c(=O)[nH]c1=O. The fourth-order valence-corrected chi connectivity index (χ4v) is 3.48. The summed E-state index contributed by atoms with van der Waals surface area (Å²) in [6.45, 7) is 0.603. The molecule has 0 radical (unpaired) electrons. The number of hydrogen-bond acceptors (Lipinski definition) is 4. The number of hydrogen-bond donors (Lipinski definition) is 2. The molecule has 7 heteroatoms. The minimum Gasteiger partial charge on any atom is -0.508 e. The quantitative estimate of drug-likeness (QED) is 0.865. The van der Waals surface area contributed by atoms with Gasteiger partial charge in [-0.2, -0.15) is 0 Å². The first-order valence-corrected chi connectivity index (χ1v) is 8.84. The number of aryl methyl sites for hydroxylation is 2. The van der Waals surface area contributed by atoms with Crippen LogP contribution in [0.3, 0.4) is 0 Å². The van der Waals surface area contributed by atoms with Gasteiger partial charge in [0.25, 0.3) is 11.5 Å². The summed E-state index contributed by atoms with van der Waals surface area (Å²) in [4.78, 5) is 40.4. The molecule has 0 unspecified atom stereocenters. The number of nitrogens with one attached hydrogen (secondary N) is 1. The molecule has 138 valence electrons. The Morgan fingerprint density at radius 1 is 1.31 bits per heavy atom. The minimum atomic E-state index is -0.643. The van der Waals surface area contributed by atoms with E-state index in [-0.39, 0.29) is 23.3 Å². The average molecular weight is 357 g/mol. The van der Waals surface area contributed by atoms with Gasteiger partial charge in [-0.3, -0.25) is 14.6 Å². The lowest BCUT2D eigenvalue weighted by Crippen LogP contribution is -2.46. The van der Waals surface area contributed by atoms with Gasteiger partial charge >= 0.3 is 5.69 Å². The van der Waals surface area contributed by atoms with Crippen molar-refractivity contribution in [3.05, 3.63) is 62.4 Å². The molecule has 1 amide bonds. The van der Waals surface area contributed by atoms with E-state index in [9.17, 15) is 19.5 Å². The molecule has 2 N–H and O–H groups in total. The highest BCUT2D eigenvalue weighted by Gasteiger charge is 2.29. The fourth-order valence-electron chi connectivity index (χ4n) is 3.48. The third-order valence-corrected chi connectivity index (χ3v) is 4.90. The number of aromatic hydroxyl groups is 1. The maximum Gasteiger partial charge on any atom is 0.328 e. The Morgan fingerprint density at radius 3 is 2.88 bits per heavy atom. The third-order valence-electron chi connectivity index (χ3n) is 4.90. The molecule has 0 bridgehead atoms. The summed E-state index contributed by atoms with van der Waals surface area (Å²) < 4.78 is 1.21. The number of nitrogens with zero attached hydrogens (tertiary/aromatic N) is 2. The molecule has 2 aromatic rings. The Labute approximate surface area is 150 Å². The van der Waals surface area contributed by atoms with Gasteiger partial charge in [0.1, 0.15) is 11.3 Å². The van der Waals surface area contributed by atoms with Crippen LogP contribution in [0.15, 0.2) is 40.1 Å². The molecule has 2 heterocycles. The summed E-state index contributed by atoms with van der Waals surface area (Å²) in [6, 6.07) is 7.15. The molecule has 0 aliphatic carbocycles. The van der Waals surface area contributed by atoms with Crippen molar-refractivity contribution in [3.8, 4) is 5.75 Å². The highest BCUT2D eigenvalue weighted by atomic mass is 16.3. The largest absolute Gasteiger partial charge is 0.508 e. The first kappa shape index (κ1) is 18.0. The normalized spacial score (nSPS) is 17.3. The minimum absolute atomic E-state index is 0.00337. The molecule has 7 nitrogen and oxygen atoms in total. The molecule has 1 fully saturated rings. The molecule has 1 aliphatic rings. The Hall–Kier alpha value is -2.83. The van der Waals surface area contributed by atoms with Gasteiger partial charge in [-0.05, 0) is 49.8 Å². The second kappa shape index (κ2) is 7.59. The lowest BCUT2D eigenvalue weighted by molar-refractivity contribution is 0.0599. The molecule has 26 heavy (non-hydrogen) atoms. The number of phenols is 1. The molecule has 1 aromatic heterocycles. The average Bonchev–Trinajstić information content (AvgIpc) is 2.63. The Balaban J connectivity index is 1.78. The van der Waals surface area contributed by atoms with Gasteiger partial charge in [-0.25, -0.2) is 4.79 Å². The first-order valence-electron chi connectivity index (χ1n) is 8.84. The van der Waals surface area contributed by atoms with E-state index in [1.807, 2.05) is 6.07 Å². The summed E-state index contributed by atoms with van der Waals surface area (Å²) in [5.74, 6) is -0.0988. The lowest BCUT2D eigenvalue weighted by atomic mass is 9.95. The summed E-state index contributed by atoms with van der Waals surface area (Å²) >= 11 is 0. The maximum absolute atomic E-state index is 12.9. The summed E-state index contributed by atoms with van der Waals surface area (Å²) in [7, 11) is 1.50. The smallest absolute Gasteiger partial charge is 0.328 e. The van der Waals surface area contributed by atoms with Crippen LogP contribution in [-0.2, 0) is 13.5 Å². The van der Waals surface area contributed by atoms with Crippen molar-refractivity contribution >= 4 is 5.91 Å². The van der Waals surface area contributed by atoms with Crippen molar-refractivity contribution in [1.29, 1.82) is 0 Å². The van der Waals surface area contributed by atoms with Crippen LogP contribution in [0.25, 0.3) is 0 Å². The van der Waals surface area contributed by atoms with Crippen LogP contribution in [0.5, 0.6) is 5.75 Å². The molecule has 0 saturated carbocycles. The molecular weight excluding hydrogens is 334 g/mol. The zero-order valence-electron chi connectivity index (χ0n) is 14.8. The number of benzene rings is 1. The van der Waals surface area contributed by atoms with Crippen LogP contribution in [-0.4, -0.2) is 38.1 Å². The number of aromatic amines is 1. The number of phenolic OH excluding ortho intramolecular Hbond substituents is 1. The van der Waals surface area contributed by atoms with Crippen molar-refractivity contribution in [2.45, 2.75) is 38.1 Å². The zero-order valence-corrected chi connectivity index (χ0v) is 14.8. The summed E-state index contributed by atoms with van der Waals surface area (Å²) in [5, 5.41) is 9.59. The van der Waals surface area contributed by atoms with Crippen molar-refractivity contribution in [2.75, 3.05) is 6.54 Å². The summed E-state index contributed by atoms with van der Waals surface area (Å²) in [5.41, 5.74) is -0.166. The van der Waals surface area contributed by atoms with Gasteiger partial charge in [0.15, 0.2) is 0 Å². The van der Waals surface area contributed by atoms with Gasteiger partial charge < -0.3 is 14.6 Å². The second-order valence-corrected chi connectivity index (χ2v) is 6.77. The number of likely N-dealkylation sites (tertiary alicyclic amines) is 1. The lowest BCUT2D eigenvalue weighted by Gasteiger charge is -2.36. The molecule has 3 rings (SSSR count). The van der Waals surface area contributed by atoms with E-state index in [4.69, 9.17) is 0 Å². The topological polar surface area (TPSA) is 95.4 Å². The van der Waals surface area contributed by atoms with Crippen LogP contribution in [0.2, 0.25) is 0 Å². The number of H-pyrrole nitrogens is 1. The molecule has 1 aromatic carbocycles. The van der Waals surface area contributed by atoms with Gasteiger partial charge in [0.2, 0.25) is 0 Å². The van der Waals surface area contributed by atoms with Gasteiger partial charge in [0, 0.05) is 25.8 Å². The van der Waals surface area contributed by atoms with Crippen molar-refractivity contribution in [1.82, 2.24) is 14.5 Å². The number of aromatic nitrogens is 2. The molecule has 1 atom stereocenters. The van der Waals surface area contributed by atoms with E-state index >= 15 is 0 Å². The summed E-state index contributed by atoms with van der Waals surface area (Å²) in [6.07, 6.45) is 5.64. The fraction of sp³-hybridized carbons (Fsp3) is 0.421. The van der Waals surface area contributed by atoms with Crippen LogP contribution < -0.4 is 11.2 Å². The number of rotatable bonds is 4. The van der Waals surface area contributed by atoms with E-state index < -0.39 is 11.2 Å². The molecule has 1 saturated heterocycles. The van der Waals surface area contributed by atoms with Gasteiger partial charge in [0.05, 0.1) is 0 Å². The maximum atomic E-state index is 12.9. The molecular formula is C19H23N3O4. The highest BCUT2D eigenvalue weighted by Crippen LogP contribution is 2.23. The van der Waals surface area contributed by atoms with E-state index in [0.717, 1.165) is 37.7 Å². The van der Waals surface area contributed by atoms with E-state index in [1.165, 1.54) is 17.8 Å². The van der Waals surface area contributed by atoms with Gasteiger partial charge in [-0.1, -0.05) is 12.1 Å². The van der Waals surface area contributed by atoms with Crippen molar-refractivity contribution < 1.29 is 9.90 Å². The first-order chi connectivity index (χ1) is 12.5. The van der Waals surface area contributed by atoms with Crippen LogP contribution in [0.1, 0.15) is 41.6 Å². The number of carbonyl (C=O) groups is 1. The number of carbonyl (C=O) groups excluding carboxylic acids is 1. The van der Waals surface area contributed by atoms with Crippen molar-refractivity contribution in [2.24, 2.45) is 7.05 Å². The highest BCUT2D eigenvalue weighted by molar-refractivity contribution is 5.93. The van der Waals surface area contributed by atoms with E-state index in [0.29, 0.717) is 6.54 Å². The van der Waals surface area contributed by atoms with Crippen LogP contribution >= 0.6 is 0 Å². The standard InChI is InChI=1S/C19H23N3O4/c1-21-12-16(17(24)20-19(21)26)18(25)22-10-3-2-6-14(22)9-8-13-5-4-7-15(23)11-13/h4-5,7,11-12,14,23H,2-3,6,8-10H2,1H3,(H,20,24,26)/t14-/m0/s1. The second-order valence-electron chi connectivity index (χ2n) is 6.77. The van der Waals surface area contributed by atoms with E-state index in [1.54, 1.807) is 23.1 Å². The Morgan fingerprint density at radius 2 is 2.12 bits per heavy atom. The predicted octanol–water partition coefficient (Wildman–Crippen LogP) is 1.41. The third kappa shape index (κ3) is 3.87. The van der Waals surface area contributed by atoms with Gasteiger partial charge in [-0.15, -0.1) is 0 Å². The van der Waals surface area contributed by atoms with Crippen molar-refractivity contribution in [3.63, 3.8) is 0 Å².